The van der Waals surface area contributed by atoms with E-state index in [1.165, 1.54) is 6.92 Å². The van der Waals surface area contributed by atoms with E-state index in [1.807, 2.05) is 30.3 Å². The standard InChI is InChI=1S/C12H12N2O2/c1-10(15)9-16-12-7-13-14(8-12)11-5-3-2-4-6-11/h2-8H,9H2,1H3. The molecular weight excluding hydrogens is 204 g/mol. The molecule has 2 rings (SSSR count). The van der Waals surface area contributed by atoms with Crippen molar-refractivity contribution in [3.05, 3.63) is 42.7 Å². The first kappa shape index (κ1) is 10.4. The van der Waals surface area contributed by atoms with Crippen LogP contribution in [-0.4, -0.2) is 22.2 Å². The van der Waals surface area contributed by atoms with Gasteiger partial charge in [-0.05, 0) is 19.1 Å². The second kappa shape index (κ2) is 4.61. The normalized spacial score (nSPS) is 10.1. The SMILES string of the molecule is CC(=O)COc1cnn(-c2ccccc2)c1. The minimum Gasteiger partial charge on any atom is -0.483 e. The molecule has 2 aromatic rings. The van der Waals surface area contributed by atoms with Crippen LogP contribution in [0.3, 0.4) is 0 Å². The summed E-state index contributed by atoms with van der Waals surface area (Å²) in [6, 6.07) is 9.71. The third-order valence-corrected chi connectivity index (χ3v) is 2.02. The number of nitrogens with zero attached hydrogens (tertiary/aromatic N) is 2. The predicted molar refractivity (Wildman–Crippen MR) is 59.7 cm³/mol. The fourth-order valence-corrected chi connectivity index (χ4v) is 1.29. The van der Waals surface area contributed by atoms with Gasteiger partial charge in [-0.15, -0.1) is 0 Å². The van der Waals surface area contributed by atoms with Crippen LogP contribution in [0.1, 0.15) is 6.92 Å². The third kappa shape index (κ3) is 2.48. The van der Waals surface area contributed by atoms with Crippen LogP contribution in [0.15, 0.2) is 42.7 Å². The molecule has 0 radical (unpaired) electrons. The van der Waals surface area contributed by atoms with E-state index in [9.17, 15) is 4.79 Å². The maximum atomic E-state index is 10.7. The fourth-order valence-electron chi connectivity index (χ4n) is 1.29. The van der Waals surface area contributed by atoms with Crippen LogP contribution in [0, 0.1) is 0 Å². The van der Waals surface area contributed by atoms with Gasteiger partial charge in [-0.25, -0.2) is 4.68 Å². The Morgan fingerprint density at radius 2 is 2.12 bits per heavy atom. The van der Waals surface area contributed by atoms with Crippen LogP contribution >= 0.6 is 0 Å². The number of hydrogen-bond acceptors (Lipinski definition) is 3. The van der Waals surface area contributed by atoms with Gasteiger partial charge in [-0.1, -0.05) is 18.2 Å². The van der Waals surface area contributed by atoms with Crippen LogP contribution < -0.4 is 4.74 Å². The predicted octanol–water partition coefficient (Wildman–Crippen LogP) is 1.84. The van der Waals surface area contributed by atoms with Gasteiger partial charge in [0.05, 0.1) is 18.1 Å². The summed E-state index contributed by atoms with van der Waals surface area (Å²) in [5.74, 6) is 0.589. The Hall–Kier alpha value is -2.10. The molecule has 1 aromatic heterocycles. The molecule has 0 spiro atoms. The molecule has 0 bridgehead atoms. The Bertz CT molecular complexity index is 477. The maximum Gasteiger partial charge on any atom is 0.167 e. The van der Waals surface area contributed by atoms with Gasteiger partial charge >= 0.3 is 0 Å². The number of ether oxygens (including phenoxy) is 1. The van der Waals surface area contributed by atoms with E-state index in [-0.39, 0.29) is 12.4 Å². The van der Waals surface area contributed by atoms with E-state index >= 15 is 0 Å². The van der Waals surface area contributed by atoms with Crippen molar-refractivity contribution in [3.63, 3.8) is 0 Å². The minimum atomic E-state index is -0.00698. The zero-order chi connectivity index (χ0) is 11.4. The molecule has 82 valence electrons. The van der Waals surface area contributed by atoms with E-state index in [1.54, 1.807) is 17.1 Å². The highest BCUT2D eigenvalue weighted by molar-refractivity contribution is 5.77. The van der Waals surface area contributed by atoms with E-state index in [0.29, 0.717) is 5.75 Å². The van der Waals surface area contributed by atoms with Gasteiger partial charge in [0.2, 0.25) is 0 Å². The first-order valence-electron chi connectivity index (χ1n) is 4.98. The van der Waals surface area contributed by atoms with Gasteiger partial charge < -0.3 is 4.74 Å². The van der Waals surface area contributed by atoms with E-state index in [2.05, 4.69) is 5.10 Å². The van der Waals surface area contributed by atoms with Crippen molar-refractivity contribution in [2.45, 2.75) is 6.92 Å². The lowest BCUT2D eigenvalue weighted by Gasteiger charge is -2.00. The smallest absolute Gasteiger partial charge is 0.167 e. The Morgan fingerprint density at radius 1 is 1.38 bits per heavy atom. The van der Waals surface area contributed by atoms with Crippen molar-refractivity contribution >= 4 is 5.78 Å². The lowest BCUT2D eigenvalue weighted by molar-refractivity contribution is -0.118. The summed E-state index contributed by atoms with van der Waals surface area (Å²) >= 11 is 0. The van der Waals surface area contributed by atoms with Gasteiger partial charge in [0.15, 0.2) is 11.5 Å². The topological polar surface area (TPSA) is 44.1 Å². The molecule has 0 amide bonds. The zero-order valence-electron chi connectivity index (χ0n) is 8.96. The minimum absolute atomic E-state index is 0.00698. The van der Waals surface area contributed by atoms with Gasteiger partial charge in [-0.2, -0.15) is 5.10 Å². The van der Waals surface area contributed by atoms with Crippen LogP contribution in [0.2, 0.25) is 0 Å². The summed E-state index contributed by atoms with van der Waals surface area (Å²) in [7, 11) is 0. The van der Waals surface area contributed by atoms with Gasteiger partial charge in [0.25, 0.3) is 0 Å². The Labute approximate surface area is 93.5 Å². The van der Waals surface area contributed by atoms with Crippen molar-refractivity contribution in [2.75, 3.05) is 6.61 Å². The molecule has 0 atom stereocenters. The molecule has 0 unspecified atom stereocenters. The van der Waals surface area contributed by atoms with E-state index in [0.717, 1.165) is 5.69 Å². The number of hydrogen-bond donors (Lipinski definition) is 0. The summed E-state index contributed by atoms with van der Waals surface area (Å²) in [6.45, 7) is 1.57. The van der Waals surface area contributed by atoms with Gasteiger partial charge in [0.1, 0.15) is 6.61 Å². The highest BCUT2D eigenvalue weighted by atomic mass is 16.5. The average Bonchev–Trinajstić information content (AvgIpc) is 2.76. The number of ketones is 1. The summed E-state index contributed by atoms with van der Waals surface area (Å²) in [4.78, 5) is 10.7. The number of benzene rings is 1. The highest BCUT2D eigenvalue weighted by Crippen LogP contribution is 2.12. The molecule has 0 saturated heterocycles. The quantitative estimate of drug-likeness (QED) is 0.783. The van der Waals surface area contributed by atoms with Crippen molar-refractivity contribution < 1.29 is 9.53 Å². The van der Waals surface area contributed by atoms with Crippen LogP contribution in [0.5, 0.6) is 5.75 Å². The number of carbonyl (C=O) groups is 1. The lowest BCUT2D eigenvalue weighted by Crippen LogP contribution is -2.05. The first-order chi connectivity index (χ1) is 7.75. The molecule has 0 N–H and O–H groups in total. The summed E-state index contributed by atoms with van der Waals surface area (Å²) in [6.07, 6.45) is 3.34. The van der Waals surface area contributed by atoms with Crippen molar-refractivity contribution in [3.8, 4) is 11.4 Å². The molecule has 16 heavy (non-hydrogen) atoms. The second-order valence-corrected chi connectivity index (χ2v) is 3.45. The summed E-state index contributed by atoms with van der Waals surface area (Å²) in [5.41, 5.74) is 0.958. The van der Waals surface area contributed by atoms with Crippen molar-refractivity contribution in [2.24, 2.45) is 0 Å². The van der Waals surface area contributed by atoms with Crippen molar-refractivity contribution in [1.82, 2.24) is 9.78 Å². The molecule has 0 saturated carbocycles. The number of aromatic nitrogens is 2. The molecule has 4 nitrogen and oxygen atoms in total. The Balaban J connectivity index is 2.11. The first-order valence-corrected chi connectivity index (χ1v) is 4.98. The van der Waals surface area contributed by atoms with Crippen LogP contribution in [0.25, 0.3) is 5.69 Å². The molecule has 0 aliphatic carbocycles. The molecular formula is C12H12N2O2. The van der Waals surface area contributed by atoms with E-state index in [4.69, 9.17) is 4.74 Å². The fraction of sp³-hybridized carbons (Fsp3) is 0.167. The van der Waals surface area contributed by atoms with Gasteiger partial charge in [0, 0.05) is 0 Å². The van der Waals surface area contributed by atoms with Crippen molar-refractivity contribution in [1.29, 1.82) is 0 Å². The lowest BCUT2D eigenvalue weighted by atomic mass is 10.3. The number of rotatable bonds is 4. The number of carbonyl (C=O) groups excluding carboxylic acids is 1. The molecule has 0 aliphatic heterocycles. The summed E-state index contributed by atoms with van der Waals surface area (Å²) < 4.78 is 6.94. The zero-order valence-corrected chi connectivity index (χ0v) is 8.96. The molecule has 0 fully saturated rings. The molecule has 0 aliphatic rings. The number of Topliss-reactive ketones (excluding diaryl/α,β-unsaturated/α-hetero) is 1. The Kier molecular flexibility index (Phi) is 3.00. The molecule has 1 heterocycles. The number of para-hydroxylation sites is 1. The van der Waals surface area contributed by atoms with E-state index < -0.39 is 0 Å². The third-order valence-electron chi connectivity index (χ3n) is 2.02. The largest absolute Gasteiger partial charge is 0.483 e. The monoisotopic (exact) mass is 216 g/mol. The van der Waals surface area contributed by atoms with Crippen LogP contribution in [0.4, 0.5) is 0 Å². The summed E-state index contributed by atoms with van der Waals surface area (Å²) in [5, 5.41) is 4.14. The molecule has 1 aromatic carbocycles. The maximum absolute atomic E-state index is 10.7. The highest BCUT2D eigenvalue weighted by Gasteiger charge is 2.02. The van der Waals surface area contributed by atoms with Gasteiger partial charge in [-0.3, -0.25) is 4.79 Å². The van der Waals surface area contributed by atoms with Crippen LogP contribution in [-0.2, 0) is 4.79 Å². The second-order valence-electron chi connectivity index (χ2n) is 3.45. The Morgan fingerprint density at radius 3 is 2.81 bits per heavy atom. The molecule has 4 heteroatoms. The average molecular weight is 216 g/mol.